The van der Waals surface area contributed by atoms with Gasteiger partial charge < -0.3 is 14.8 Å². The molecule has 2 heterocycles. The van der Waals surface area contributed by atoms with Crippen LogP contribution in [0.25, 0.3) is 11.5 Å². The van der Waals surface area contributed by atoms with E-state index in [4.69, 9.17) is 10.3 Å². The molecule has 0 amide bonds. The molecule has 0 fully saturated rings. The Hall–Kier alpha value is -1.62. The average molecular weight is 206 g/mol. The van der Waals surface area contributed by atoms with Crippen LogP contribution in [0.1, 0.15) is 11.6 Å². The largest absolute Gasteiger partial charge is 0.345 e. The quantitative estimate of drug-likeness (QED) is 0.809. The Morgan fingerprint density at radius 3 is 2.87 bits per heavy atom. The fourth-order valence-corrected chi connectivity index (χ4v) is 1.42. The highest BCUT2D eigenvalue weighted by Gasteiger charge is 2.11. The van der Waals surface area contributed by atoms with Gasteiger partial charge in [0.2, 0.25) is 11.7 Å². The first-order chi connectivity index (χ1) is 7.22. The number of hydrogen-bond acceptors (Lipinski definition) is 4. The molecule has 0 saturated heterocycles. The molecule has 0 atom stereocenters. The molecule has 0 aromatic carbocycles. The molecule has 0 radical (unpaired) electrons. The maximum Gasteiger partial charge on any atom is 0.228 e. The summed E-state index contributed by atoms with van der Waals surface area (Å²) in [6.07, 6.45) is 0.621. The van der Waals surface area contributed by atoms with E-state index in [-0.39, 0.29) is 0 Å². The summed E-state index contributed by atoms with van der Waals surface area (Å²) in [5.74, 6) is 1.21. The second-order valence-electron chi connectivity index (χ2n) is 3.47. The predicted octanol–water partition coefficient (Wildman–Crippen LogP) is 0.885. The third kappa shape index (κ3) is 1.78. The fraction of sp³-hybridized carbons (Fsp3) is 0.400. The minimum absolute atomic E-state index is 0.522. The number of aryl methyl sites for hydroxylation is 1. The van der Waals surface area contributed by atoms with Gasteiger partial charge in [-0.3, -0.25) is 0 Å². The van der Waals surface area contributed by atoms with Crippen molar-refractivity contribution in [1.29, 1.82) is 0 Å². The summed E-state index contributed by atoms with van der Waals surface area (Å²) in [5.41, 5.74) is 7.53. The van der Waals surface area contributed by atoms with Crippen molar-refractivity contribution in [2.45, 2.75) is 13.3 Å². The summed E-state index contributed by atoms with van der Waals surface area (Å²) < 4.78 is 7.09. The van der Waals surface area contributed by atoms with Crippen LogP contribution >= 0.6 is 0 Å². The summed E-state index contributed by atoms with van der Waals surface area (Å²) in [6.45, 7) is 2.55. The molecule has 5 heteroatoms. The molecule has 2 rings (SSSR count). The summed E-state index contributed by atoms with van der Waals surface area (Å²) >= 11 is 0. The molecule has 2 N–H and O–H groups in total. The van der Waals surface area contributed by atoms with Crippen LogP contribution in [0.3, 0.4) is 0 Å². The third-order valence-electron chi connectivity index (χ3n) is 2.43. The van der Waals surface area contributed by atoms with Crippen molar-refractivity contribution in [3.63, 3.8) is 0 Å². The van der Waals surface area contributed by atoms with E-state index in [9.17, 15) is 0 Å². The molecular weight excluding hydrogens is 192 g/mol. The van der Waals surface area contributed by atoms with E-state index in [2.05, 4.69) is 10.1 Å². The molecule has 0 saturated carbocycles. The minimum Gasteiger partial charge on any atom is -0.345 e. The van der Waals surface area contributed by atoms with Gasteiger partial charge >= 0.3 is 0 Å². The SMILES string of the molecule is Cc1ccc(-c2noc(CCN)n2)n1C. The zero-order chi connectivity index (χ0) is 10.8. The van der Waals surface area contributed by atoms with Crippen LogP contribution in [-0.2, 0) is 13.5 Å². The van der Waals surface area contributed by atoms with Gasteiger partial charge in [0.25, 0.3) is 0 Å². The van der Waals surface area contributed by atoms with Crippen molar-refractivity contribution in [3.8, 4) is 11.5 Å². The zero-order valence-electron chi connectivity index (χ0n) is 8.90. The van der Waals surface area contributed by atoms with Crippen molar-refractivity contribution in [1.82, 2.24) is 14.7 Å². The van der Waals surface area contributed by atoms with Gasteiger partial charge in [0.1, 0.15) is 0 Å². The van der Waals surface area contributed by atoms with Gasteiger partial charge in [-0.15, -0.1) is 0 Å². The molecule has 0 bridgehead atoms. The Kier molecular flexibility index (Phi) is 2.55. The molecule has 2 aromatic rings. The summed E-state index contributed by atoms with van der Waals surface area (Å²) in [4.78, 5) is 4.27. The van der Waals surface area contributed by atoms with Gasteiger partial charge in [-0.1, -0.05) is 5.16 Å². The third-order valence-corrected chi connectivity index (χ3v) is 2.43. The van der Waals surface area contributed by atoms with Gasteiger partial charge in [0.15, 0.2) is 0 Å². The van der Waals surface area contributed by atoms with Crippen molar-refractivity contribution in [2.75, 3.05) is 6.54 Å². The Labute approximate surface area is 87.9 Å². The molecule has 5 nitrogen and oxygen atoms in total. The number of nitrogens with two attached hydrogens (primary N) is 1. The van der Waals surface area contributed by atoms with Crippen molar-refractivity contribution >= 4 is 0 Å². The van der Waals surface area contributed by atoms with Crippen LogP contribution in [0.15, 0.2) is 16.7 Å². The number of aromatic nitrogens is 3. The van der Waals surface area contributed by atoms with E-state index in [0.29, 0.717) is 24.7 Å². The zero-order valence-corrected chi connectivity index (χ0v) is 8.90. The fourth-order valence-electron chi connectivity index (χ4n) is 1.42. The number of hydrogen-bond donors (Lipinski definition) is 1. The summed E-state index contributed by atoms with van der Waals surface area (Å²) in [7, 11) is 1.98. The van der Waals surface area contributed by atoms with E-state index in [1.165, 1.54) is 0 Å². The molecule has 0 unspecified atom stereocenters. The molecule has 15 heavy (non-hydrogen) atoms. The van der Waals surface area contributed by atoms with Crippen molar-refractivity contribution < 1.29 is 4.52 Å². The van der Waals surface area contributed by atoms with Crippen molar-refractivity contribution in [3.05, 3.63) is 23.7 Å². The average Bonchev–Trinajstić information content (AvgIpc) is 2.77. The lowest BCUT2D eigenvalue weighted by atomic mass is 10.4. The molecule has 0 spiro atoms. The van der Waals surface area contributed by atoms with Crippen LogP contribution in [0.2, 0.25) is 0 Å². The lowest BCUT2D eigenvalue weighted by molar-refractivity contribution is 0.380. The van der Waals surface area contributed by atoms with Gasteiger partial charge in [-0.05, 0) is 19.1 Å². The van der Waals surface area contributed by atoms with Crippen LogP contribution in [0.5, 0.6) is 0 Å². The first-order valence-corrected chi connectivity index (χ1v) is 4.87. The molecule has 0 aliphatic carbocycles. The van der Waals surface area contributed by atoms with Crippen LogP contribution in [0.4, 0.5) is 0 Å². The van der Waals surface area contributed by atoms with E-state index in [1.54, 1.807) is 0 Å². The lowest BCUT2D eigenvalue weighted by Crippen LogP contribution is -2.02. The van der Waals surface area contributed by atoms with Crippen molar-refractivity contribution in [2.24, 2.45) is 12.8 Å². The maximum atomic E-state index is 5.41. The van der Waals surface area contributed by atoms with Crippen LogP contribution in [0, 0.1) is 6.92 Å². The van der Waals surface area contributed by atoms with Gasteiger partial charge in [0.05, 0.1) is 5.69 Å². The van der Waals surface area contributed by atoms with E-state index in [0.717, 1.165) is 11.4 Å². The normalized spacial score (nSPS) is 10.9. The second kappa shape index (κ2) is 3.86. The Morgan fingerprint density at radius 1 is 1.47 bits per heavy atom. The number of nitrogens with zero attached hydrogens (tertiary/aromatic N) is 3. The van der Waals surface area contributed by atoms with E-state index < -0.39 is 0 Å². The maximum absolute atomic E-state index is 5.41. The predicted molar refractivity (Wildman–Crippen MR) is 56.2 cm³/mol. The Balaban J connectivity index is 2.33. The topological polar surface area (TPSA) is 69.9 Å². The van der Waals surface area contributed by atoms with E-state index in [1.807, 2.05) is 30.7 Å². The van der Waals surface area contributed by atoms with Crippen LogP contribution in [-0.4, -0.2) is 21.3 Å². The molecule has 80 valence electrons. The van der Waals surface area contributed by atoms with Gasteiger partial charge in [0, 0.05) is 25.7 Å². The minimum atomic E-state index is 0.522. The Morgan fingerprint density at radius 2 is 2.27 bits per heavy atom. The smallest absolute Gasteiger partial charge is 0.228 e. The molecular formula is C10H14N4O. The van der Waals surface area contributed by atoms with E-state index >= 15 is 0 Å². The highest BCUT2D eigenvalue weighted by Crippen LogP contribution is 2.17. The first-order valence-electron chi connectivity index (χ1n) is 4.87. The van der Waals surface area contributed by atoms with Gasteiger partial charge in [-0.25, -0.2) is 0 Å². The summed E-state index contributed by atoms with van der Waals surface area (Å²) in [5, 5.41) is 3.92. The molecule has 0 aliphatic heterocycles. The molecule has 2 aromatic heterocycles. The second-order valence-corrected chi connectivity index (χ2v) is 3.47. The lowest BCUT2D eigenvalue weighted by Gasteiger charge is -1.99. The summed E-state index contributed by atoms with van der Waals surface area (Å²) in [6, 6.07) is 4.00. The van der Waals surface area contributed by atoms with Crippen LogP contribution < -0.4 is 5.73 Å². The highest BCUT2D eigenvalue weighted by molar-refractivity contribution is 5.50. The number of rotatable bonds is 3. The molecule has 0 aliphatic rings. The van der Waals surface area contributed by atoms with Gasteiger partial charge in [-0.2, -0.15) is 4.98 Å². The monoisotopic (exact) mass is 206 g/mol. The standard InChI is InChI=1S/C10H14N4O/c1-7-3-4-8(14(7)2)10-12-9(5-6-11)15-13-10/h3-4H,5-6,11H2,1-2H3. The Bertz CT molecular complexity index is 458. The first kappa shape index (κ1) is 9.92. The highest BCUT2D eigenvalue weighted by atomic mass is 16.5.